The summed E-state index contributed by atoms with van der Waals surface area (Å²) in [6.45, 7) is 3.13. The van der Waals surface area contributed by atoms with Gasteiger partial charge in [-0.05, 0) is 30.2 Å². The molecule has 0 aliphatic rings. The van der Waals surface area contributed by atoms with E-state index in [2.05, 4.69) is 21.1 Å². The van der Waals surface area contributed by atoms with Gasteiger partial charge < -0.3 is 9.59 Å². The van der Waals surface area contributed by atoms with Gasteiger partial charge in [0.1, 0.15) is 6.54 Å². The van der Waals surface area contributed by atoms with Crippen LogP contribution >= 0.6 is 11.6 Å². The van der Waals surface area contributed by atoms with E-state index in [1.54, 1.807) is 6.08 Å². The summed E-state index contributed by atoms with van der Waals surface area (Å²) in [5.41, 5.74) is 2.18. The summed E-state index contributed by atoms with van der Waals surface area (Å²) in [5, 5.41) is 7.94. The molecule has 0 aliphatic heterocycles. The number of nitrogens with zero attached hydrogens (tertiary/aromatic N) is 1. The van der Waals surface area contributed by atoms with Gasteiger partial charge in [-0.1, -0.05) is 35.9 Å². The highest BCUT2D eigenvalue weighted by Gasteiger charge is 2.02. The van der Waals surface area contributed by atoms with E-state index in [0.29, 0.717) is 0 Å². The first-order valence-electron chi connectivity index (χ1n) is 6.10. The Morgan fingerprint density at radius 2 is 1.79 bits per heavy atom. The van der Waals surface area contributed by atoms with Gasteiger partial charge in [0.2, 0.25) is 5.24 Å². The van der Waals surface area contributed by atoms with Gasteiger partial charge in [0, 0.05) is 0 Å². The van der Waals surface area contributed by atoms with Gasteiger partial charge in [0.25, 0.3) is 0 Å². The maximum absolute atomic E-state index is 10.4. The van der Waals surface area contributed by atoms with Crippen molar-refractivity contribution in [1.29, 1.82) is 0 Å². The summed E-state index contributed by atoms with van der Waals surface area (Å²) in [6, 6.07) is 7.84. The van der Waals surface area contributed by atoms with Crippen molar-refractivity contribution in [3.05, 3.63) is 41.5 Å². The van der Waals surface area contributed by atoms with Crippen molar-refractivity contribution >= 4 is 22.9 Å². The molecule has 0 saturated heterocycles. The van der Waals surface area contributed by atoms with Crippen molar-refractivity contribution in [2.75, 3.05) is 34.3 Å². The summed E-state index contributed by atoms with van der Waals surface area (Å²) in [4.78, 5) is 10.4. The number of hydrogen-bond acceptors (Lipinski definition) is 2. The van der Waals surface area contributed by atoms with E-state index in [0.717, 1.165) is 16.6 Å². The Morgan fingerprint density at radius 3 is 2.11 bits per heavy atom. The van der Waals surface area contributed by atoms with Crippen LogP contribution in [0, 0.1) is 6.92 Å². The molecule has 1 aromatic carbocycles. The number of aliphatic hydroxyl groups is 1. The van der Waals surface area contributed by atoms with Crippen LogP contribution in [0.25, 0.3) is 6.08 Å². The first-order valence-corrected chi connectivity index (χ1v) is 6.48. The van der Waals surface area contributed by atoms with Crippen molar-refractivity contribution in [1.82, 2.24) is 0 Å². The van der Waals surface area contributed by atoms with Crippen LogP contribution in [-0.2, 0) is 4.79 Å². The predicted molar refractivity (Wildman–Crippen MR) is 81.1 cm³/mol. The van der Waals surface area contributed by atoms with Crippen molar-refractivity contribution in [2.24, 2.45) is 0 Å². The van der Waals surface area contributed by atoms with E-state index < -0.39 is 5.24 Å². The average Bonchev–Trinajstić information content (AvgIpc) is 2.27. The Morgan fingerprint density at radius 1 is 1.26 bits per heavy atom. The standard InChI is InChI=1S/C10H9ClO.C5H14NO/c1-8-2-4-9(5-3-8)6-7-10(11)12;1-6(2,3)4-5-7/h2-7H,1H3;7H,4-5H2,1-3H3/q;+1/b7-6+;. The molecule has 0 unspecified atom stereocenters. The minimum atomic E-state index is -0.449. The number of hydrogen-bond donors (Lipinski definition) is 1. The van der Waals surface area contributed by atoms with E-state index in [9.17, 15) is 4.79 Å². The maximum Gasteiger partial charge on any atom is 0.245 e. The number of carbonyl (C=O) groups excluding carboxylic acids is 1. The molecule has 106 valence electrons. The minimum Gasteiger partial charge on any atom is -0.391 e. The second-order valence-corrected chi connectivity index (χ2v) is 5.66. The zero-order valence-corrected chi connectivity index (χ0v) is 12.8. The Hall–Kier alpha value is -1.16. The lowest BCUT2D eigenvalue weighted by Gasteiger charge is -2.21. The van der Waals surface area contributed by atoms with E-state index in [4.69, 9.17) is 16.7 Å². The summed E-state index contributed by atoms with van der Waals surface area (Å²) < 4.78 is 0.844. The summed E-state index contributed by atoms with van der Waals surface area (Å²) >= 11 is 5.13. The lowest BCUT2D eigenvalue weighted by molar-refractivity contribution is -0.870. The third-order valence-electron chi connectivity index (χ3n) is 2.25. The highest BCUT2D eigenvalue weighted by atomic mass is 35.5. The minimum absolute atomic E-state index is 0.281. The fourth-order valence-corrected chi connectivity index (χ4v) is 1.20. The number of quaternary nitrogens is 1. The Kier molecular flexibility index (Phi) is 8.32. The topological polar surface area (TPSA) is 37.3 Å². The molecule has 4 heteroatoms. The SMILES string of the molecule is C[N+](C)(C)CCO.Cc1ccc(/C=C/C(=O)Cl)cc1. The Labute approximate surface area is 120 Å². The zero-order valence-electron chi connectivity index (χ0n) is 12.1. The van der Waals surface area contributed by atoms with E-state index >= 15 is 0 Å². The number of allylic oxidation sites excluding steroid dienone is 1. The molecule has 1 N–H and O–H groups in total. The van der Waals surface area contributed by atoms with Crippen molar-refractivity contribution in [2.45, 2.75) is 6.92 Å². The van der Waals surface area contributed by atoms with Gasteiger partial charge in [0.15, 0.2) is 0 Å². The second kappa shape index (κ2) is 8.86. The number of aliphatic hydroxyl groups excluding tert-OH is 1. The smallest absolute Gasteiger partial charge is 0.245 e. The molecule has 0 saturated carbocycles. The summed E-state index contributed by atoms with van der Waals surface area (Å²) in [5.74, 6) is 0. The van der Waals surface area contributed by atoms with Gasteiger partial charge in [-0.25, -0.2) is 0 Å². The van der Waals surface area contributed by atoms with Gasteiger partial charge in [-0.2, -0.15) is 0 Å². The van der Waals surface area contributed by atoms with Crippen LogP contribution in [-0.4, -0.2) is 49.1 Å². The molecule has 1 rings (SSSR count). The monoisotopic (exact) mass is 284 g/mol. The lowest BCUT2D eigenvalue weighted by atomic mass is 10.1. The van der Waals surface area contributed by atoms with Crippen LogP contribution in [0.4, 0.5) is 0 Å². The van der Waals surface area contributed by atoms with E-state index in [1.807, 2.05) is 31.2 Å². The van der Waals surface area contributed by atoms with Crippen LogP contribution < -0.4 is 0 Å². The maximum atomic E-state index is 10.4. The van der Waals surface area contributed by atoms with Gasteiger partial charge in [-0.3, -0.25) is 4.79 Å². The van der Waals surface area contributed by atoms with Crippen LogP contribution in [0.1, 0.15) is 11.1 Å². The molecule has 0 amide bonds. The first-order chi connectivity index (χ1) is 8.74. The van der Waals surface area contributed by atoms with E-state index in [-0.39, 0.29) is 6.61 Å². The number of benzene rings is 1. The number of rotatable bonds is 4. The highest BCUT2D eigenvalue weighted by molar-refractivity contribution is 6.66. The van der Waals surface area contributed by atoms with Gasteiger partial charge >= 0.3 is 0 Å². The third kappa shape index (κ3) is 11.7. The molecule has 0 heterocycles. The van der Waals surface area contributed by atoms with Crippen molar-refractivity contribution < 1.29 is 14.4 Å². The van der Waals surface area contributed by atoms with E-state index in [1.165, 1.54) is 11.6 Å². The normalized spacial score (nSPS) is 11.1. The molecule has 3 nitrogen and oxygen atoms in total. The fraction of sp³-hybridized carbons (Fsp3) is 0.400. The quantitative estimate of drug-likeness (QED) is 0.524. The molecular weight excluding hydrogens is 262 g/mol. The molecule has 0 aliphatic carbocycles. The molecule has 0 fully saturated rings. The fourth-order valence-electron chi connectivity index (χ4n) is 1.14. The molecule has 1 aromatic rings. The molecular formula is C15H23ClNO2+. The van der Waals surface area contributed by atoms with Crippen LogP contribution in [0.2, 0.25) is 0 Å². The predicted octanol–water partition coefficient (Wildman–Crippen LogP) is 2.46. The largest absolute Gasteiger partial charge is 0.391 e. The molecule has 0 aromatic heterocycles. The third-order valence-corrected chi connectivity index (χ3v) is 2.38. The number of likely N-dealkylation sites (N-methyl/N-ethyl adjacent to an activating group) is 1. The van der Waals surface area contributed by atoms with Crippen LogP contribution in [0.3, 0.4) is 0 Å². The Balaban J connectivity index is 0.000000399. The second-order valence-electron chi connectivity index (χ2n) is 5.29. The van der Waals surface area contributed by atoms with Gasteiger partial charge in [0.05, 0.1) is 27.7 Å². The number of aryl methyl sites for hydroxylation is 1. The molecule has 0 bridgehead atoms. The summed E-state index contributed by atoms with van der Waals surface area (Å²) in [7, 11) is 6.16. The molecule has 0 spiro atoms. The Bertz CT molecular complexity index is 405. The molecule has 0 radical (unpaired) electrons. The van der Waals surface area contributed by atoms with Crippen molar-refractivity contribution in [3.63, 3.8) is 0 Å². The zero-order chi connectivity index (χ0) is 14.9. The first kappa shape index (κ1) is 17.8. The number of carbonyl (C=O) groups is 1. The number of halogens is 1. The van der Waals surface area contributed by atoms with Crippen LogP contribution in [0.5, 0.6) is 0 Å². The molecule has 0 atom stereocenters. The van der Waals surface area contributed by atoms with Crippen LogP contribution in [0.15, 0.2) is 30.3 Å². The van der Waals surface area contributed by atoms with Gasteiger partial charge in [-0.15, -0.1) is 0 Å². The summed E-state index contributed by atoms with van der Waals surface area (Å²) in [6.07, 6.45) is 3.03. The molecule has 19 heavy (non-hydrogen) atoms. The average molecular weight is 285 g/mol. The van der Waals surface area contributed by atoms with Crippen molar-refractivity contribution in [3.8, 4) is 0 Å². The lowest BCUT2D eigenvalue weighted by Crippen LogP contribution is -2.36. The highest BCUT2D eigenvalue weighted by Crippen LogP contribution is 2.05.